The molecule has 1 aliphatic heterocycles. The summed E-state index contributed by atoms with van der Waals surface area (Å²) < 4.78 is 0. The second kappa shape index (κ2) is 8.06. The molecule has 0 amide bonds. The third-order valence-corrected chi connectivity index (χ3v) is 4.14. The van der Waals surface area contributed by atoms with Crippen molar-refractivity contribution in [2.45, 2.75) is 46.1 Å². The van der Waals surface area contributed by atoms with E-state index < -0.39 is 0 Å². The monoisotopic (exact) mass is 241 g/mol. The molecule has 2 N–H and O–H groups in total. The lowest BCUT2D eigenvalue weighted by atomic mass is 9.99. The Bertz CT molecular complexity index is 188. The van der Waals surface area contributed by atoms with Gasteiger partial charge in [-0.15, -0.1) is 0 Å². The Labute approximate surface area is 107 Å². The number of unbranched alkanes of at least 4 members (excludes halogenated alkanes) is 1. The summed E-state index contributed by atoms with van der Waals surface area (Å²) in [5.41, 5.74) is 6.22. The van der Waals surface area contributed by atoms with Crippen molar-refractivity contribution >= 4 is 0 Å². The van der Waals surface area contributed by atoms with Crippen molar-refractivity contribution in [3.8, 4) is 0 Å². The lowest BCUT2D eigenvalue weighted by Crippen LogP contribution is -2.51. The van der Waals surface area contributed by atoms with E-state index in [0.717, 1.165) is 6.54 Å². The van der Waals surface area contributed by atoms with Gasteiger partial charge in [-0.1, -0.05) is 33.6 Å². The fourth-order valence-electron chi connectivity index (χ4n) is 2.36. The summed E-state index contributed by atoms with van der Waals surface area (Å²) in [6.07, 6.45) is 3.84. The SMILES string of the molecule is CCCCN1CCN(C[C@H](N)[C@H](C)CC)CC1. The second-order valence-corrected chi connectivity index (χ2v) is 5.55. The van der Waals surface area contributed by atoms with Crippen LogP contribution in [0.5, 0.6) is 0 Å². The van der Waals surface area contributed by atoms with Gasteiger partial charge in [-0.2, -0.15) is 0 Å². The number of hydrogen-bond donors (Lipinski definition) is 1. The fraction of sp³-hybridized carbons (Fsp3) is 1.00. The summed E-state index contributed by atoms with van der Waals surface area (Å²) in [7, 11) is 0. The van der Waals surface area contributed by atoms with E-state index in [-0.39, 0.29) is 0 Å². The zero-order chi connectivity index (χ0) is 12.7. The summed E-state index contributed by atoms with van der Waals surface area (Å²) in [4.78, 5) is 5.13. The smallest absolute Gasteiger partial charge is 0.0193 e. The van der Waals surface area contributed by atoms with Crippen LogP contribution >= 0.6 is 0 Å². The van der Waals surface area contributed by atoms with E-state index in [4.69, 9.17) is 5.73 Å². The minimum absolute atomic E-state index is 0.349. The number of piperazine rings is 1. The van der Waals surface area contributed by atoms with Crippen LogP contribution in [-0.2, 0) is 0 Å². The molecule has 1 heterocycles. The molecule has 1 aliphatic rings. The van der Waals surface area contributed by atoms with E-state index in [0.29, 0.717) is 12.0 Å². The lowest BCUT2D eigenvalue weighted by Gasteiger charge is -2.36. The number of hydrogen-bond acceptors (Lipinski definition) is 3. The molecule has 0 unspecified atom stereocenters. The average Bonchev–Trinajstić information content (AvgIpc) is 2.37. The maximum atomic E-state index is 6.22. The quantitative estimate of drug-likeness (QED) is 0.737. The highest BCUT2D eigenvalue weighted by atomic mass is 15.3. The number of nitrogens with zero attached hydrogens (tertiary/aromatic N) is 2. The molecule has 0 aromatic carbocycles. The molecule has 0 saturated carbocycles. The minimum atomic E-state index is 0.349. The standard InChI is InChI=1S/C14H31N3/c1-4-6-7-16-8-10-17(11-9-16)12-14(15)13(3)5-2/h13-14H,4-12,15H2,1-3H3/t13-,14+/m1/s1. The van der Waals surface area contributed by atoms with Gasteiger partial charge in [-0.3, -0.25) is 4.90 Å². The van der Waals surface area contributed by atoms with Gasteiger partial charge >= 0.3 is 0 Å². The van der Waals surface area contributed by atoms with Crippen LogP contribution in [0.1, 0.15) is 40.0 Å². The van der Waals surface area contributed by atoms with E-state index in [9.17, 15) is 0 Å². The first-order chi connectivity index (χ1) is 8.17. The molecule has 0 aromatic rings. The molecule has 0 aromatic heterocycles. The van der Waals surface area contributed by atoms with Crippen LogP contribution in [0.15, 0.2) is 0 Å². The molecule has 2 atom stereocenters. The summed E-state index contributed by atoms with van der Waals surface area (Å²) in [6, 6.07) is 0.349. The van der Waals surface area contributed by atoms with E-state index in [1.807, 2.05) is 0 Å². The van der Waals surface area contributed by atoms with Crippen molar-refractivity contribution < 1.29 is 0 Å². The van der Waals surface area contributed by atoms with Gasteiger partial charge in [-0.05, 0) is 18.9 Å². The van der Waals surface area contributed by atoms with Gasteiger partial charge in [0.15, 0.2) is 0 Å². The molecule has 1 rings (SSSR count). The molecule has 0 aliphatic carbocycles. The maximum Gasteiger partial charge on any atom is 0.0193 e. The van der Waals surface area contributed by atoms with E-state index in [1.54, 1.807) is 0 Å². The highest BCUT2D eigenvalue weighted by Crippen LogP contribution is 2.09. The van der Waals surface area contributed by atoms with Crippen LogP contribution in [0, 0.1) is 5.92 Å². The Morgan fingerprint density at radius 1 is 1.06 bits per heavy atom. The Morgan fingerprint density at radius 2 is 1.65 bits per heavy atom. The first kappa shape index (κ1) is 14.9. The second-order valence-electron chi connectivity index (χ2n) is 5.55. The van der Waals surface area contributed by atoms with Crippen LogP contribution in [-0.4, -0.2) is 55.1 Å². The maximum absolute atomic E-state index is 6.22. The molecule has 1 saturated heterocycles. The van der Waals surface area contributed by atoms with E-state index in [2.05, 4.69) is 30.6 Å². The topological polar surface area (TPSA) is 32.5 Å². The van der Waals surface area contributed by atoms with Crippen molar-refractivity contribution in [3.05, 3.63) is 0 Å². The highest BCUT2D eigenvalue weighted by molar-refractivity contribution is 4.77. The minimum Gasteiger partial charge on any atom is -0.326 e. The van der Waals surface area contributed by atoms with Crippen molar-refractivity contribution in [1.82, 2.24) is 9.80 Å². The van der Waals surface area contributed by atoms with Gasteiger partial charge in [0.25, 0.3) is 0 Å². The Balaban J connectivity index is 2.18. The third kappa shape index (κ3) is 5.36. The molecule has 3 nitrogen and oxygen atoms in total. The first-order valence-corrected chi connectivity index (χ1v) is 7.37. The third-order valence-electron chi connectivity index (χ3n) is 4.14. The van der Waals surface area contributed by atoms with Gasteiger partial charge in [0.05, 0.1) is 0 Å². The van der Waals surface area contributed by atoms with Crippen LogP contribution in [0.2, 0.25) is 0 Å². The van der Waals surface area contributed by atoms with Gasteiger partial charge in [0.2, 0.25) is 0 Å². The van der Waals surface area contributed by atoms with Crippen molar-refractivity contribution in [2.24, 2.45) is 11.7 Å². The van der Waals surface area contributed by atoms with Crippen LogP contribution in [0.3, 0.4) is 0 Å². The zero-order valence-corrected chi connectivity index (χ0v) is 12.0. The lowest BCUT2D eigenvalue weighted by molar-refractivity contribution is 0.120. The van der Waals surface area contributed by atoms with E-state index in [1.165, 1.54) is 52.0 Å². The summed E-state index contributed by atoms with van der Waals surface area (Å²) in [5, 5.41) is 0. The summed E-state index contributed by atoms with van der Waals surface area (Å²) >= 11 is 0. The predicted octanol–water partition coefficient (Wildman–Crippen LogP) is 1.78. The van der Waals surface area contributed by atoms with Gasteiger partial charge in [0.1, 0.15) is 0 Å². The molecule has 0 spiro atoms. The molecule has 1 fully saturated rings. The highest BCUT2D eigenvalue weighted by Gasteiger charge is 2.20. The molecule has 0 radical (unpaired) electrons. The van der Waals surface area contributed by atoms with Crippen molar-refractivity contribution in [1.29, 1.82) is 0 Å². The predicted molar refractivity (Wildman–Crippen MR) is 75.2 cm³/mol. The van der Waals surface area contributed by atoms with Crippen molar-refractivity contribution in [3.63, 3.8) is 0 Å². The zero-order valence-electron chi connectivity index (χ0n) is 12.0. The fourth-order valence-corrected chi connectivity index (χ4v) is 2.36. The molecular formula is C14H31N3. The normalized spacial score (nSPS) is 22.6. The molecule has 17 heavy (non-hydrogen) atoms. The number of nitrogens with two attached hydrogens (primary N) is 1. The molecular weight excluding hydrogens is 210 g/mol. The Hall–Kier alpha value is -0.120. The van der Waals surface area contributed by atoms with Gasteiger partial charge < -0.3 is 10.6 Å². The van der Waals surface area contributed by atoms with Crippen LogP contribution in [0.25, 0.3) is 0 Å². The summed E-state index contributed by atoms with van der Waals surface area (Å²) in [5.74, 6) is 0.646. The van der Waals surface area contributed by atoms with Crippen LogP contribution in [0.4, 0.5) is 0 Å². The Kier molecular flexibility index (Phi) is 7.09. The Morgan fingerprint density at radius 3 is 2.18 bits per heavy atom. The van der Waals surface area contributed by atoms with Crippen LogP contribution < -0.4 is 5.73 Å². The summed E-state index contributed by atoms with van der Waals surface area (Å²) in [6.45, 7) is 14.0. The van der Waals surface area contributed by atoms with Gasteiger partial charge in [-0.25, -0.2) is 0 Å². The molecule has 3 heteroatoms. The first-order valence-electron chi connectivity index (χ1n) is 7.37. The van der Waals surface area contributed by atoms with Crippen molar-refractivity contribution in [2.75, 3.05) is 39.3 Å². The average molecular weight is 241 g/mol. The largest absolute Gasteiger partial charge is 0.326 e. The van der Waals surface area contributed by atoms with E-state index >= 15 is 0 Å². The van der Waals surface area contributed by atoms with Gasteiger partial charge in [0, 0.05) is 38.8 Å². The number of rotatable bonds is 7. The molecule has 0 bridgehead atoms. The molecule has 102 valence electrons.